The van der Waals surface area contributed by atoms with Crippen LogP contribution in [0.3, 0.4) is 0 Å². The Balaban J connectivity index is 2.28. The minimum absolute atomic E-state index is 0.0245. The van der Waals surface area contributed by atoms with Gasteiger partial charge in [0.25, 0.3) is 5.69 Å². The fourth-order valence-electron chi connectivity index (χ4n) is 1.45. The van der Waals surface area contributed by atoms with Gasteiger partial charge in [0.1, 0.15) is 0 Å². The van der Waals surface area contributed by atoms with E-state index in [0.29, 0.717) is 6.54 Å². The summed E-state index contributed by atoms with van der Waals surface area (Å²) in [6, 6.07) is 5.98. The molecule has 2 N–H and O–H groups in total. The summed E-state index contributed by atoms with van der Waals surface area (Å²) >= 11 is 1.68. The number of hydrogen-bond donors (Lipinski definition) is 2. The van der Waals surface area contributed by atoms with Crippen molar-refractivity contribution < 1.29 is 14.8 Å². The first-order valence-electron chi connectivity index (χ1n) is 6.52. The summed E-state index contributed by atoms with van der Waals surface area (Å²) in [5.41, 5.74) is 0.754. The Morgan fingerprint density at radius 3 is 2.67 bits per heavy atom. The Kier molecular flexibility index (Phi) is 8.15. The highest BCUT2D eigenvalue weighted by Gasteiger charge is 2.02. The molecule has 0 aromatic heterocycles. The highest BCUT2D eigenvalue weighted by Crippen LogP contribution is 2.12. The maximum atomic E-state index is 11.5. The van der Waals surface area contributed by atoms with E-state index in [4.69, 9.17) is 5.11 Å². The molecule has 0 aliphatic carbocycles. The molecule has 1 rings (SSSR count). The van der Waals surface area contributed by atoms with Crippen LogP contribution in [0.15, 0.2) is 30.3 Å². The molecule has 114 valence electrons. The standard InChI is InChI=1S/C14H18N2O4S/c17-9-1-10-21-11-8-15-14(18)7-4-12-2-5-13(6-3-12)16(19)20/h2-7,17H,1,8-11H2,(H,15,18)/b7-4+. The van der Waals surface area contributed by atoms with Gasteiger partial charge in [-0.1, -0.05) is 0 Å². The van der Waals surface area contributed by atoms with Gasteiger partial charge in [-0.05, 0) is 35.9 Å². The molecule has 0 spiro atoms. The number of aliphatic hydroxyl groups is 1. The molecule has 0 aliphatic heterocycles. The monoisotopic (exact) mass is 310 g/mol. The summed E-state index contributed by atoms with van der Waals surface area (Å²) in [6.45, 7) is 0.761. The number of carbonyl (C=O) groups is 1. The van der Waals surface area contributed by atoms with Crippen LogP contribution in [0, 0.1) is 10.1 Å². The predicted octanol–water partition coefficient (Wildman–Crippen LogP) is 1.84. The molecule has 0 atom stereocenters. The maximum absolute atomic E-state index is 11.5. The maximum Gasteiger partial charge on any atom is 0.269 e. The van der Waals surface area contributed by atoms with Gasteiger partial charge in [0.15, 0.2) is 0 Å². The molecule has 7 heteroatoms. The average Bonchev–Trinajstić information content (AvgIpc) is 2.49. The smallest absolute Gasteiger partial charge is 0.269 e. The van der Waals surface area contributed by atoms with E-state index in [0.717, 1.165) is 23.5 Å². The molecule has 0 saturated heterocycles. The number of rotatable bonds is 9. The second-order valence-electron chi connectivity index (χ2n) is 4.16. The van der Waals surface area contributed by atoms with Crippen molar-refractivity contribution in [3.8, 4) is 0 Å². The summed E-state index contributed by atoms with van der Waals surface area (Å²) in [4.78, 5) is 21.6. The lowest BCUT2D eigenvalue weighted by Crippen LogP contribution is -2.23. The second kappa shape index (κ2) is 9.95. The third kappa shape index (κ3) is 7.48. The van der Waals surface area contributed by atoms with Gasteiger partial charge in [0.05, 0.1) is 4.92 Å². The Bertz CT molecular complexity index is 488. The molecule has 1 aromatic carbocycles. The van der Waals surface area contributed by atoms with E-state index in [-0.39, 0.29) is 18.2 Å². The van der Waals surface area contributed by atoms with Crippen LogP contribution in [0.5, 0.6) is 0 Å². The van der Waals surface area contributed by atoms with Gasteiger partial charge in [-0.3, -0.25) is 14.9 Å². The molecule has 0 aliphatic rings. The number of amides is 1. The summed E-state index contributed by atoms with van der Waals surface area (Å²) in [6.07, 6.45) is 3.77. The quantitative estimate of drug-likeness (QED) is 0.314. The van der Waals surface area contributed by atoms with Crippen molar-refractivity contribution >= 4 is 29.4 Å². The first kappa shape index (κ1) is 17.2. The lowest BCUT2D eigenvalue weighted by atomic mass is 10.2. The highest BCUT2D eigenvalue weighted by atomic mass is 32.2. The van der Waals surface area contributed by atoms with Gasteiger partial charge in [0.2, 0.25) is 5.91 Å². The Morgan fingerprint density at radius 2 is 2.05 bits per heavy atom. The van der Waals surface area contributed by atoms with Gasteiger partial charge in [-0.2, -0.15) is 11.8 Å². The van der Waals surface area contributed by atoms with Crippen molar-refractivity contribution in [1.82, 2.24) is 5.32 Å². The van der Waals surface area contributed by atoms with Gasteiger partial charge in [-0.15, -0.1) is 0 Å². The van der Waals surface area contributed by atoms with Crippen molar-refractivity contribution in [2.75, 3.05) is 24.7 Å². The van der Waals surface area contributed by atoms with E-state index in [2.05, 4.69) is 5.32 Å². The van der Waals surface area contributed by atoms with E-state index >= 15 is 0 Å². The molecule has 1 aromatic rings. The van der Waals surface area contributed by atoms with Crippen LogP contribution < -0.4 is 5.32 Å². The molecule has 0 radical (unpaired) electrons. The molecule has 6 nitrogen and oxygen atoms in total. The minimum atomic E-state index is -0.464. The average molecular weight is 310 g/mol. The summed E-state index contributed by atoms with van der Waals surface area (Å²) < 4.78 is 0. The van der Waals surface area contributed by atoms with Crippen LogP contribution in [0.4, 0.5) is 5.69 Å². The molecule has 0 unspecified atom stereocenters. The normalized spacial score (nSPS) is 10.7. The number of hydrogen-bond acceptors (Lipinski definition) is 5. The zero-order valence-electron chi connectivity index (χ0n) is 11.5. The first-order chi connectivity index (χ1) is 10.1. The highest BCUT2D eigenvalue weighted by molar-refractivity contribution is 7.99. The minimum Gasteiger partial charge on any atom is -0.396 e. The van der Waals surface area contributed by atoms with Crippen molar-refractivity contribution in [3.05, 3.63) is 46.0 Å². The topological polar surface area (TPSA) is 92.5 Å². The summed E-state index contributed by atoms with van der Waals surface area (Å²) in [5, 5.41) is 21.8. The van der Waals surface area contributed by atoms with Gasteiger partial charge < -0.3 is 10.4 Å². The van der Waals surface area contributed by atoms with E-state index in [9.17, 15) is 14.9 Å². The predicted molar refractivity (Wildman–Crippen MR) is 84.2 cm³/mol. The van der Waals surface area contributed by atoms with Gasteiger partial charge >= 0.3 is 0 Å². The Hall–Kier alpha value is -1.86. The zero-order chi connectivity index (χ0) is 15.5. The Morgan fingerprint density at radius 1 is 1.33 bits per heavy atom. The van der Waals surface area contributed by atoms with Crippen LogP contribution in [0.2, 0.25) is 0 Å². The zero-order valence-corrected chi connectivity index (χ0v) is 12.3. The number of benzene rings is 1. The van der Waals surface area contributed by atoms with E-state index in [1.165, 1.54) is 18.2 Å². The summed E-state index contributed by atoms with van der Waals surface area (Å²) in [5.74, 6) is 1.48. The molecule has 0 heterocycles. The van der Waals surface area contributed by atoms with E-state index in [1.54, 1.807) is 30.0 Å². The number of thioether (sulfide) groups is 1. The number of aliphatic hydroxyl groups excluding tert-OH is 1. The molecule has 0 bridgehead atoms. The molecule has 21 heavy (non-hydrogen) atoms. The number of nitrogens with one attached hydrogen (secondary N) is 1. The number of nitro groups is 1. The second-order valence-corrected chi connectivity index (χ2v) is 5.39. The first-order valence-corrected chi connectivity index (χ1v) is 7.68. The fraction of sp³-hybridized carbons (Fsp3) is 0.357. The van der Waals surface area contributed by atoms with E-state index < -0.39 is 4.92 Å². The van der Waals surface area contributed by atoms with Gasteiger partial charge in [0, 0.05) is 37.1 Å². The van der Waals surface area contributed by atoms with Crippen LogP contribution in [0.25, 0.3) is 6.08 Å². The van der Waals surface area contributed by atoms with Crippen molar-refractivity contribution in [2.24, 2.45) is 0 Å². The van der Waals surface area contributed by atoms with Crippen LogP contribution in [-0.4, -0.2) is 40.6 Å². The van der Waals surface area contributed by atoms with Crippen molar-refractivity contribution in [2.45, 2.75) is 6.42 Å². The largest absolute Gasteiger partial charge is 0.396 e. The fourth-order valence-corrected chi connectivity index (χ4v) is 2.24. The molecule has 0 fully saturated rings. The number of nitro benzene ring substituents is 1. The lowest BCUT2D eigenvalue weighted by Gasteiger charge is -2.01. The SMILES string of the molecule is O=C(/C=C/c1ccc([N+](=O)[O-])cc1)NCCSCCCO. The van der Waals surface area contributed by atoms with Crippen molar-refractivity contribution in [3.63, 3.8) is 0 Å². The lowest BCUT2D eigenvalue weighted by molar-refractivity contribution is -0.384. The van der Waals surface area contributed by atoms with E-state index in [1.807, 2.05) is 0 Å². The Labute approximate surface area is 127 Å². The molecular formula is C14H18N2O4S. The summed E-state index contributed by atoms with van der Waals surface area (Å²) in [7, 11) is 0. The third-order valence-corrected chi connectivity index (χ3v) is 3.59. The number of non-ortho nitro benzene ring substituents is 1. The van der Waals surface area contributed by atoms with Crippen LogP contribution in [0.1, 0.15) is 12.0 Å². The molecule has 1 amide bonds. The third-order valence-electron chi connectivity index (χ3n) is 2.52. The van der Waals surface area contributed by atoms with Crippen LogP contribution in [-0.2, 0) is 4.79 Å². The number of nitrogens with zero attached hydrogens (tertiary/aromatic N) is 1. The van der Waals surface area contributed by atoms with Crippen LogP contribution >= 0.6 is 11.8 Å². The molecular weight excluding hydrogens is 292 g/mol. The number of carbonyl (C=O) groups excluding carboxylic acids is 1. The van der Waals surface area contributed by atoms with Crippen molar-refractivity contribution in [1.29, 1.82) is 0 Å². The van der Waals surface area contributed by atoms with Gasteiger partial charge in [-0.25, -0.2) is 0 Å². The molecule has 0 saturated carbocycles.